The van der Waals surface area contributed by atoms with Gasteiger partial charge in [0.1, 0.15) is 0 Å². The van der Waals surface area contributed by atoms with Gasteiger partial charge in [0.15, 0.2) is 5.78 Å². The SMILES string of the molecule is C=C(C(C)=O)C(O)(C(=O)OCC)c1ccc(C)cc1. The molecule has 19 heavy (non-hydrogen) atoms. The van der Waals surface area contributed by atoms with Crippen LogP contribution < -0.4 is 0 Å². The molecule has 0 radical (unpaired) electrons. The third kappa shape index (κ3) is 2.90. The van der Waals surface area contributed by atoms with E-state index in [9.17, 15) is 14.7 Å². The highest BCUT2D eigenvalue weighted by atomic mass is 16.5. The lowest BCUT2D eigenvalue weighted by Gasteiger charge is -2.27. The van der Waals surface area contributed by atoms with E-state index in [0.29, 0.717) is 0 Å². The lowest BCUT2D eigenvalue weighted by Crippen LogP contribution is -2.41. The number of rotatable bonds is 5. The van der Waals surface area contributed by atoms with E-state index >= 15 is 0 Å². The van der Waals surface area contributed by atoms with Crippen LogP contribution in [0.4, 0.5) is 0 Å². The molecule has 4 heteroatoms. The number of hydrogen-bond acceptors (Lipinski definition) is 4. The van der Waals surface area contributed by atoms with Gasteiger partial charge in [-0.2, -0.15) is 0 Å². The highest BCUT2D eigenvalue weighted by molar-refractivity contribution is 6.02. The summed E-state index contributed by atoms with van der Waals surface area (Å²) in [7, 11) is 0. The van der Waals surface area contributed by atoms with Crippen molar-refractivity contribution in [2.45, 2.75) is 26.4 Å². The Morgan fingerprint density at radius 2 is 1.84 bits per heavy atom. The molecule has 0 heterocycles. The van der Waals surface area contributed by atoms with Gasteiger partial charge in [-0.05, 0) is 26.3 Å². The molecule has 0 fully saturated rings. The molecule has 102 valence electrons. The van der Waals surface area contributed by atoms with Gasteiger partial charge in [-0.1, -0.05) is 36.4 Å². The van der Waals surface area contributed by atoms with Crippen LogP contribution in [-0.4, -0.2) is 23.5 Å². The highest BCUT2D eigenvalue weighted by Crippen LogP contribution is 2.31. The smallest absolute Gasteiger partial charge is 0.347 e. The normalized spacial score (nSPS) is 13.5. The zero-order chi connectivity index (χ0) is 14.6. The molecule has 0 saturated carbocycles. The molecule has 1 aromatic rings. The van der Waals surface area contributed by atoms with Crippen LogP contribution in [0.1, 0.15) is 25.0 Å². The van der Waals surface area contributed by atoms with Crippen molar-refractivity contribution in [3.05, 3.63) is 47.5 Å². The van der Waals surface area contributed by atoms with Crippen molar-refractivity contribution in [1.82, 2.24) is 0 Å². The van der Waals surface area contributed by atoms with Crippen LogP contribution in [0.5, 0.6) is 0 Å². The Balaban J connectivity index is 3.34. The third-order valence-electron chi connectivity index (χ3n) is 2.90. The van der Waals surface area contributed by atoms with Crippen molar-refractivity contribution < 1.29 is 19.4 Å². The number of hydrogen-bond donors (Lipinski definition) is 1. The van der Waals surface area contributed by atoms with Gasteiger partial charge in [0.25, 0.3) is 0 Å². The largest absolute Gasteiger partial charge is 0.463 e. The van der Waals surface area contributed by atoms with Gasteiger partial charge in [-0.15, -0.1) is 0 Å². The van der Waals surface area contributed by atoms with Crippen LogP contribution in [0.25, 0.3) is 0 Å². The molecule has 0 amide bonds. The topological polar surface area (TPSA) is 63.6 Å². The second kappa shape index (κ2) is 5.80. The van der Waals surface area contributed by atoms with Gasteiger partial charge in [0.2, 0.25) is 5.60 Å². The number of aliphatic hydroxyl groups is 1. The maximum absolute atomic E-state index is 12.0. The summed E-state index contributed by atoms with van der Waals surface area (Å²) in [6, 6.07) is 6.65. The van der Waals surface area contributed by atoms with E-state index in [4.69, 9.17) is 4.74 Å². The van der Waals surface area contributed by atoms with Crippen molar-refractivity contribution >= 4 is 11.8 Å². The number of carbonyl (C=O) groups excluding carboxylic acids is 2. The van der Waals surface area contributed by atoms with Crippen LogP contribution in [0.2, 0.25) is 0 Å². The van der Waals surface area contributed by atoms with Crippen LogP contribution in [-0.2, 0) is 19.9 Å². The van der Waals surface area contributed by atoms with Gasteiger partial charge in [0.05, 0.1) is 6.61 Å². The maximum atomic E-state index is 12.0. The zero-order valence-electron chi connectivity index (χ0n) is 11.4. The summed E-state index contributed by atoms with van der Waals surface area (Å²) in [5, 5.41) is 10.6. The van der Waals surface area contributed by atoms with Gasteiger partial charge in [-0.25, -0.2) is 4.79 Å². The maximum Gasteiger partial charge on any atom is 0.347 e. The van der Waals surface area contributed by atoms with E-state index in [1.54, 1.807) is 31.2 Å². The summed E-state index contributed by atoms with van der Waals surface area (Å²) in [5.74, 6) is -1.35. The summed E-state index contributed by atoms with van der Waals surface area (Å²) in [6.07, 6.45) is 0. The van der Waals surface area contributed by atoms with Gasteiger partial charge < -0.3 is 9.84 Å². The molecule has 1 N–H and O–H groups in total. The van der Waals surface area contributed by atoms with Crippen LogP contribution >= 0.6 is 0 Å². The lowest BCUT2D eigenvalue weighted by molar-refractivity contribution is -0.163. The second-order valence-corrected chi connectivity index (χ2v) is 4.33. The monoisotopic (exact) mass is 262 g/mol. The van der Waals surface area contributed by atoms with Crippen LogP contribution in [0.3, 0.4) is 0 Å². The van der Waals surface area contributed by atoms with Crippen LogP contribution in [0, 0.1) is 6.92 Å². The number of Topliss-reactive ketones (excluding diaryl/α,β-unsaturated/α-hetero) is 1. The average molecular weight is 262 g/mol. The van der Waals surface area contributed by atoms with E-state index in [2.05, 4.69) is 6.58 Å². The van der Waals surface area contributed by atoms with Crippen LogP contribution in [0.15, 0.2) is 36.4 Å². The molecule has 1 unspecified atom stereocenters. The van der Waals surface area contributed by atoms with E-state index in [1.165, 1.54) is 6.92 Å². The number of esters is 1. The fourth-order valence-corrected chi connectivity index (χ4v) is 1.70. The quantitative estimate of drug-likeness (QED) is 0.650. The second-order valence-electron chi connectivity index (χ2n) is 4.33. The van der Waals surface area contributed by atoms with Crippen molar-refractivity contribution in [3.63, 3.8) is 0 Å². The Morgan fingerprint density at radius 3 is 2.26 bits per heavy atom. The molecule has 0 bridgehead atoms. The highest BCUT2D eigenvalue weighted by Gasteiger charge is 2.44. The number of carbonyl (C=O) groups is 2. The standard InChI is InChI=1S/C15H18O4/c1-5-19-14(17)15(18,11(3)12(4)16)13-8-6-10(2)7-9-13/h6-9,18H,3,5H2,1-2,4H3. The minimum Gasteiger partial charge on any atom is -0.463 e. The minimum atomic E-state index is -2.13. The number of ketones is 1. The fraction of sp³-hybridized carbons (Fsp3) is 0.333. The summed E-state index contributed by atoms with van der Waals surface area (Å²) in [5.41, 5.74) is -1.08. The number of benzene rings is 1. The molecule has 4 nitrogen and oxygen atoms in total. The molecule has 0 aromatic heterocycles. The fourth-order valence-electron chi connectivity index (χ4n) is 1.70. The molecule has 1 rings (SSSR count). The third-order valence-corrected chi connectivity index (χ3v) is 2.90. The molecule has 1 atom stereocenters. The molecular formula is C15H18O4. The van der Waals surface area contributed by atoms with Gasteiger partial charge in [-0.3, -0.25) is 4.79 Å². The summed E-state index contributed by atoms with van der Waals surface area (Å²) < 4.78 is 4.86. The Bertz CT molecular complexity index is 501. The first-order valence-corrected chi connectivity index (χ1v) is 6.01. The minimum absolute atomic E-state index is 0.109. The van der Waals surface area contributed by atoms with E-state index in [-0.39, 0.29) is 17.7 Å². The first-order valence-electron chi connectivity index (χ1n) is 6.01. The number of ether oxygens (including phenoxy) is 1. The average Bonchev–Trinajstić information content (AvgIpc) is 2.37. The summed E-state index contributed by atoms with van der Waals surface area (Å²) in [6.45, 7) is 8.40. The predicted octanol–water partition coefficient (Wildman–Crippen LogP) is 1.89. The molecular weight excluding hydrogens is 244 g/mol. The summed E-state index contributed by atoms with van der Waals surface area (Å²) in [4.78, 5) is 23.5. The van der Waals surface area contributed by atoms with Crippen molar-refractivity contribution in [2.24, 2.45) is 0 Å². The van der Waals surface area contributed by atoms with E-state index in [1.807, 2.05) is 6.92 Å². The first kappa shape index (κ1) is 15.1. The Morgan fingerprint density at radius 1 is 1.32 bits per heavy atom. The first-order chi connectivity index (χ1) is 8.83. The van der Waals surface area contributed by atoms with E-state index < -0.39 is 17.4 Å². The van der Waals surface area contributed by atoms with Gasteiger partial charge in [0, 0.05) is 5.57 Å². The van der Waals surface area contributed by atoms with E-state index in [0.717, 1.165) is 5.56 Å². The molecule has 0 aliphatic rings. The van der Waals surface area contributed by atoms with Crippen molar-refractivity contribution in [3.8, 4) is 0 Å². The zero-order valence-corrected chi connectivity index (χ0v) is 11.4. The molecule has 0 saturated heterocycles. The molecule has 0 aliphatic carbocycles. The van der Waals surface area contributed by atoms with Gasteiger partial charge >= 0.3 is 5.97 Å². The Labute approximate surface area is 112 Å². The lowest BCUT2D eigenvalue weighted by atomic mass is 9.84. The number of aryl methyl sites for hydroxylation is 1. The Kier molecular flexibility index (Phi) is 4.62. The predicted molar refractivity (Wildman–Crippen MR) is 71.5 cm³/mol. The Hall–Kier alpha value is -1.94. The summed E-state index contributed by atoms with van der Waals surface area (Å²) >= 11 is 0. The van der Waals surface area contributed by atoms with Crippen molar-refractivity contribution in [1.29, 1.82) is 0 Å². The molecule has 1 aromatic carbocycles. The molecule has 0 aliphatic heterocycles. The van der Waals surface area contributed by atoms with Crippen molar-refractivity contribution in [2.75, 3.05) is 6.61 Å². The molecule has 0 spiro atoms.